The first-order valence-electron chi connectivity index (χ1n) is 9.05. The molecule has 0 saturated carbocycles. The number of benzene rings is 1. The minimum Gasteiger partial charge on any atom is -0.369 e. The number of rotatable bonds is 3. The van der Waals surface area contributed by atoms with Gasteiger partial charge >= 0.3 is 0 Å². The lowest BCUT2D eigenvalue weighted by molar-refractivity contribution is 0.243. The third kappa shape index (κ3) is 2.72. The number of fused-ring (bicyclic) bond motifs is 3. The number of aryl methyl sites for hydroxylation is 1. The standard InChI is InChI=1S/C19H20N6OS/c1-22-18(26)17-15(7-12-27-17)25-16(20-21-19(22)25)13-23-8-10-24(11-9-23)14-5-3-2-4-6-14/h2-7,12H,8-11,13H2,1H3. The summed E-state index contributed by atoms with van der Waals surface area (Å²) in [4.78, 5) is 17.3. The maximum Gasteiger partial charge on any atom is 0.272 e. The van der Waals surface area contributed by atoms with Crippen LogP contribution in [0.3, 0.4) is 0 Å². The summed E-state index contributed by atoms with van der Waals surface area (Å²) in [6.45, 7) is 4.66. The zero-order valence-electron chi connectivity index (χ0n) is 15.1. The fourth-order valence-electron chi connectivity index (χ4n) is 3.76. The first-order valence-corrected chi connectivity index (χ1v) is 9.93. The molecule has 0 N–H and O–H groups in total. The van der Waals surface area contributed by atoms with Crippen molar-refractivity contribution in [2.24, 2.45) is 7.05 Å². The summed E-state index contributed by atoms with van der Waals surface area (Å²) in [5, 5.41) is 10.6. The summed E-state index contributed by atoms with van der Waals surface area (Å²) in [5.41, 5.74) is 2.17. The van der Waals surface area contributed by atoms with Gasteiger partial charge in [-0.25, -0.2) is 0 Å². The van der Waals surface area contributed by atoms with Gasteiger partial charge in [0.25, 0.3) is 5.56 Å². The van der Waals surface area contributed by atoms with Crippen LogP contribution in [0.1, 0.15) is 5.82 Å². The van der Waals surface area contributed by atoms with Crippen molar-refractivity contribution in [1.82, 2.24) is 24.1 Å². The summed E-state index contributed by atoms with van der Waals surface area (Å²) in [5.74, 6) is 1.49. The highest BCUT2D eigenvalue weighted by Gasteiger charge is 2.21. The average molecular weight is 380 g/mol. The van der Waals surface area contributed by atoms with Crippen LogP contribution in [-0.4, -0.2) is 50.2 Å². The average Bonchev–Trinajstić information content (AvgIpc) is 3.35. The molecule has 0 unspecified atom stereocenters. The second-order valence-corrected chi connectivity index (χ2v) is 7.77. The van der Waals surface area contributed by atoms with Gasteiger partial charge in [-0.2, -0.15) is 0 Å². The minimum absolute atomic E-state index is 0.0112. The molecule has 1 aromatic carbocycles. The molecule has 138 valence electrons. The van der Waals surface area contributed by atoms with Crippen LogP contribution in [0.4, 0.5) is 5.69 Å². The smallest absolute Gasteiger partial charge is 0.272 e. The van der Waals surface area contributed by atoms with E-state index < -0.39 is 0 Å². The van der Waals surface area contributed by atoms with E-state index in [2.05, 4.69) is 50.3 Å². The van der Waals surface area contributed by atoms with Crippen LogP contribution in [0.25, 0.3) is 16.0 Å². The van der Waals surface area contributed by atoms with Gasteiger partial charge < -0.3 is 4.90 Å². The maximum atomic E-state index is 12.4. The molecule has 0 bridgehead atoms. The maximum absolute atomic E-state index is 12.4. The molecule has 4 heterocycles. The number of piperazine rings is 1. The van der Waals surface area contributed by atoms with Crippen molar-refractivity contribution in [1.29, 1.82) is 0 Å². The van der Waals surface area contributed by atoms with Crippen LogP contribution in [0.15, 0.2) is 46.6 Å². The van der Waals surface area contributed by atoms with Gasteiger partial charge in [0.05, 0.1) is 12.1 Å². The van der Waals surface area contributed by atoms with Crippen LogP contribution in [-0.2, 0) is 13.6 Å². The Balaban J connectivity index is 1.41. The normalized spacial score (nSPS) is 15.8. The Hall–Kier alpha value is -2.71. The molecule has 1 aliphatic heterocycles. The lowest BCUT2D eigenvalue weighted by Crippen LogP contribution is -2.46. The molecule has 1 fully saturated rings. The fourth-order valence-corrected chi connectivity index (χ4v) is 4.61. The van der Waals surface area contributed by atoms with Crippen LogP contribution in [0.2, 0.25) is 0 Å². The largest absolute Gasteiger partial charge is 0.369 e. The molecule has 0 spiro atoms. The molecule has 8 heteroatoms. The molecule has 1 saturated heterocycles. The van der Waals surface area contributed by atoms with E-state index in [9.17, 15) is 4.79 Å². The monoisotopic (exact) mass is 380 g/mol. The van der Waals surface area contributed by atoms with Gasteiger partial charge in [0.1, 0.15) is 4.70 Å². The quantitative estimate of drug-likeness (QED) is 0.544. The van der Waals surface area contributed by atoms with E-state index in [4.69, 9.17) is 0 Å². The van der Waals surface area contributed by atoms with Crippen molar-refractivity contribution < 1.29 is 0 Å². The van der Waals surface area contributed by atoms with Gasteiger partial charge in [-0.15, -0.1) is 21.5 Å². The van der Waals surface area contributed by atoms with E-state index in [-0.39, 0.29) is 5.56 Å². The molecule has 27 heavy (non-hydrogen) atoms. The van der Waals surface area contributed by atoms with Crippen molar-refractivity contribution in [3.63, 3.8) is 0 Å². The molecular formula is C19H20N6OS. The zero-order chi connectivity index (χ0) is 18.4. The van der Waals surface area contributed by atoms with Crippen LogP contribution >= 0.6 is 11.3 Å². The highest BCUT2D eigenvalue weighted by Crippen LogP contribution is 2.21. The summed E-state index contributed by atoms with van der Waals surface area (Å²) >= 11 is 1.47. The lowest BCUT2D eigenvalue weighted by atomic mass is 10.2. The molecule has 0 radical (unpaired) electrons. The van der Waals surface area contributed by atoms with E-state index in [0.717, 1.165) is 48.8 Å². The van der Waals surface area contributed by atoms with Gasteiger partial charge in [-0.05, 0) is 23.6 Å². The Morgan fingerprint density at radius 2 is 1.81 bits per heavy atom. The number of nitrogens with zero attached hydrogens (tertiary/aromatic N) is 6. The molecule has 0 aliphatic carbocycles. The fraction of sp³-hybridized carbons (Fsp3) is 0.316. The second-order valence-electron chi connectivity index (χ2n) is 6.85. The summed E-state index contributed by atoms with van der Waals surface area (Å²) in [6.07, 6.45) is 0. The minimum atomic E-state index is -0.0112. The first kappa shape index (κ1) is 16.5. The topological polar surface area (TPSA) is 58.7 Å². The predicted octanol–water partition coefficient (Wildman–Crippen LogP) is 1.96. The molecule has 3 aromatic heterocycles. The zero-order valence-corrected chi connectivity index (χ0v) is 15.9. The highest BCUT2D eigenvalue weighted by atomic mass is 32.1. The Morgan fingerprint density at radius 3 is 2.59 bits per heavy atom. The third-order valence-corrected chi connectivity index (χ3v) is 6.15. The van der Waals surface area contributed by atoms with E-state index >= 15 is 0 Å². The highest BCUT2D eigenvalue weighted by molar-refractivity contribution is 7.17. The first-order chi connectivity index (χ1) is 13.2. The summed E-state index contributed by atoms with van der Waals surface area (Å²) in [7, 11) is 1.76. The molecule has 5 rings (SSSR count). The molecule has 4 aromatic rings. The van der Waals surface area contributed by atoms with Gasteiger partial charge in [-0.1, -0.05) is 18.2 Å². The van der Waals surface area contributed by atoms with Crippen LogP contribution < -0.4 is 10.5 Å². The summed E-state index contributed by atoms with van der Waals surface area (Å²) < 4.78 is 4.36. The number of anilines is 1. The van der Waals surface area contributed by atoms with E-state index in [0.29, 0.717) is 5.78 Å². The molecule has 7 nitrogen and oxygen atoms in total. The number of para-hydroxylation sites is 1. The summed E-state index contributed by atoms with van der Waals surface area (Å²) in [6, 6.07) is 12.5. The van der Waals surface area contributed by atoms with Crippen molar-refractivity contribution >= 4 is 33.0 Å². The van der Waals surface area contributed by atoms with Gasteiger partial charge in [0.15, 0.2) is 5.82 Å². The van der Waals surface area contributed by atoms with Crippen LogP contribution in [0.5, 0.6) is 0 Å². The molecular weight excluding hydrogens is 360 g/mol. The Bertz CT molecular complexity index is 1150. The van der Waals surface area contributed by atoms with Crippen molar-refractivity contribution in [3.05, 3.63) is 58.0 Å². The molecule has 0 atom stereocenters. The Kier molecular flexibility index (Phi) is 3.95. The van der Waals surface area contributed by atoms with E-state index in [1.54, 1.807) is 11.6 Å². The number of hydrogen-bond acceptors (Lipinski definition) is 6. The van der Waals surface area contributed by atoms with Gasteiger partial charge in [-0.3, -0.25) is 18.7 Å². The molecule has 1 aliphatic rings. The Morgan fingerprint density at radius 1 is 1.04 bits per heavy atom. The van der Waals surface area contributed by atoms with Crippen LogP contribution in [0, 0.1) is 0 Å². The van der Waals surface area contributed by atoms with Gasteiger partial charge in [0, 0.05) is 38.9 Å². The lowest BCUT2D eigenvalue weighted by Gasteiger charge is -2.35. The third-order valence-electron chi connectivity index (χ3n) is 5.26. The van der Waals surface area contributed by atoms with Crippen molar-refractivity contribution in [3.8, 4) is 0 Å². The predicted molar refractivity (Wildman–Crippen MR) is 108 cm³/mol. The number of hydrogen-bond donors (Lipinski definition) is 0. The second kappa shape index (κ2) is 6.47. The number of thiophene rings is 1. The van der Waals surface area contributed by atoms with Gasteiger partial charge in [0.2, 0.25) is 5.78 Å². The van der Waals surface area contributed by atoms with E-state index in [1.807, 2.05) is 15.8 Å². The molecule has 0 amide bonds. The number of aromatic nitrogens is 4. The van der Waals surface area contributed by atoms with Crippen molar-refractivity contribution in [2.45, 2.75) is 6.54 Å². The van der Waals surface area contributed by atoms with E-state index in [1.165, 1.54) is 17.0 Å². The Labute approximate surface area is 160 Å². The van der Waals surface area contributed by atoms with Crippen molar-refractivity contribution in [2.75, 3.05) is 31.1 Å². The SMILES string of the molecule is Cn1c(=O)c2sccc2n2c(CN3CCN(c4ccccc4)CC3)nnc12.